The van der Waals surface area contributed by atoms with Crippen molar-refractivity contribution in [2.75, 3.05) is 0 Å². The molecule has 0 aliphatic carbocycles. The zero-order valence-electron chi connectivity index (χ0n) is 12.6. The largest absolute Gasteiger partial charge is 0.506 e. The highest BCUT2D eigenvalue weighted by Crippen LogP contribution is 2.19. The minimum Gasteiger partial charge on any atom is -0.506 e. The maximum atomic E-state index is 9.28. The van der Waals surface area contributed by atoms with Gasteiger partial charge in [0.15, 0.2) is 6.61 Å². The first-order valence-corrected chi connectivity index (χ1v) is 7.53. The van der Waals surface area contributed by atoms with Crippen LogP contribution in [-0.4, -0.2) is 20.1 Å². The third kappa shape index (κ3) is 3.43. The van der Waals surface area contributed by atoms with Crippen LogP contribution in [0.2, 0.25) is 0 Å². The predicted molar refractivity (Wildman–Crippen MR) is 90.5 cm³/mol. The van der Waals surface area contributed by atoms with Crippen molar-refractivity contribution in [1.29, 1.82) is 0 Å². The van der Waals surface area contributed by atoms with Gasteiger partial charge in [0.05, 0.1) is 10.5 Å². The summed E-state index contributed by atoms with van der Waals surface area (Å²) in [6.45, 7) is 2.15. The lowest BCUT2D eigenvalue weighted by Crippen LogP contribution is -2.13. The van der Waals surface area contributed by atoms with Gasteiger partial charge in [-0.15, -0.1) is 0 Å². The number of pyridine rings is 1. The van der Waals surface area contributed by atoms with Crippen LogP contribution in [0.25, 0.3) is 10.8 Å². The summed E-state index contributed by atoms with van der Waals surface area (Å²) in [6.07, 6.45) is 1.37. The van der Waals surface area contributed by atoms with Gasteiger partial charge in [-0.2, -0.15) is 0 Å². The minimum atomic E-state index is 0.111. The summed E-state index contributed by atoms with van der Waals surface area (Å²) in [5, 5.41) is 11.6. The molecule has 2 aromatic carbocycles. The summed E-state index contributed by atoms with van der Waals surface area (Å²) in [5.74, 6) is 0.111. The SMILES string of the molecule is CC(c1ccc(O)cn1)=[N+](Cl)OCc1cccc2ccccc12. The summed E-state index contributed by atoms with van der Waals surface area (Å²) in [7, 11) is 0. The topological polar surface area (TPSA) is 45.4 Å². The molecule has 1 aromatic heterocycles. The summed E-state index contributed by atoms with van der Waals surface area (Å²) in [4.78, 5) is 9.75. The highest BCUT2D eigenvalue weighted by atomic mass is 35.5. The average molecular weight is 328 g/mol. The quantitative estimate of drug-likeness (QED) is 0.447. The lowest BCUT2D eigenvalue weighted by molar-refractivity contribution is -0.688. The highest BCUT2D eigenvalue weighted by Gasteiger charge is 2.16. The van der Waals surface area contributed by atoms with E-state index in [1.54, 1.807) is 19.1 Å². The molecule has 0 saturated heterocycles. The van der Waals surface area contributed by atoms with E-state index < -0.39 is 0 Å². The van der Waals surface area contributed by atoms with Gasteiger partial charge in [0.1, 0.15) is 11.4 Å². The van der Waals surface area contributed by atoms with Gasteiger partial charge < -0.3 is 5.11 Å². The Balaban J connectivity index is 1.81. The van der Waals surface area contributed by atoms with E-state index in [9.17, 15) is 5.11 Å². The predicted octanol–water partition coefficient (Wildman–Crippen LogP) is 4.05. The lowest BCUT2D eigenvalue weighted by Gasteiger charge is -2.04. The van der Waals surface area contributed by atoms with Crippen molar-refractivity contribution >= 4 is 28.3 Å². The second kappa shape index (κ2) is 6.67. The number of nitrogens with zero attached hydrogens (tertiary/aromatic N) is 2. The van der Waals surface area contributed by atoms with E-state index in [1.807, 2.05) is 24.3 Å². The van der Waals surface area contributed by atoms with E-state index in [-0.39, 0.29) is 5.75 Å². The van der Waals surface area contributed by atoms with E-state index in [1.165, 1.54) is 10.5 Å². The molecular weight excluding hydrogens is 312 g/mol. The fourth-order valence-corrected chi connectivity index (χ4v) is 2.47. The standard InChI is InChI=1S/C18H15ClN2O2/c1-13(18-10-9-16(22)11-20-18)21(19)23-12-15-7-4-6-14-5-2-3-8-17(14)15/h2-11H,12H2,1H3/p+1. The van der Waals surface area contributed by atoms with Crippen LogP contribution in [0.1, 0.15) is 18.2 Å². The number of rotatable bonds is 4. The normalized spacial score (nSPS) is 12.1. The molecule has 1 heterocycles. The Kier molecular flexibility index (Phi) is 4.44. The molecular formula is C18H16ClN2O2+. The Bertz CT molecular complexity index is 855. The van der Waals surface area contributed by atoms with Crippen molar-refractivity contribution in [3.63, 3.8) is 0 Å². The van der Waals surface area contributed by atoms with Crippen LogP contribution in [0.3, 0.4) is 0 Å². The van der Waals surface area contributed by atoms with Crippen molar-refractivity contribution in [3.8, 4) is 5.75 Å². The van der Waals surface area contributed by atoms with Gasteiger partial charge in [-0.05, 0) is 22.9 Å². The molecule has 1 N–H and O–H groups in total. The number of hydrogen-bond acceptors (Lipinski definition) is 3. The molecule has 4 nitrogen and oxygen atoms in total. The second-order valence-electron chi connectivity index (χ2n) is 5.14. The number of aromatic nitrogens is 1. The van der Waals surface area contributed by atoms with Crippen molar-refractivity contribution in [3.05, 3.63) is 72.1 Å². The monoisotopic (exact) mass is 327 g/mol. The molecule has 116 valence electrons. The fourth-order valence-electron chi connectivity index (χ4n) is 2.33. The Labute approximate surface area is 139 Å². The first-order valence-electron chi connectivity index (χ1n) is 7.19. The van der Waals surface area contributed by atoms with E-state index >= 15 is 0 Å². The van der Waals surface area contributed by atoms with Crippen LogP contribution in [0, 0.1) is 0 Å². The van der Waals surface area contributed by atoms with E-state index in [0.29, 0.717) is 18.0 Å². The number of benzene rings is 2. The van der Waals surface area contributed by atoms with Gasteiger partial charge in [0.2, 0.25) is 0 Å². The number of aromatic hydroxyl groups is 1. The van der Waals surface area contributed by atoms with Crippen LogP contribution in [0.4, 0.5) is 0 Å². The number of fused-ring (bicyclic) bond motifs is 1. The summed E-state index contributed by atoms with van der Waals surface area (Å²) in [5.41, 5.74) is 2.34. The number of hydrogen-bond donors (Lipinski definition) is 1. The summed E-state index contributed by atoms with van der Waals surface area (Å²) in [6, 6.07) is 17.5. The van der Waals surface area contributed by atoms with Crippen LogP contribution >= 0.6 is 11.8 Å². The Morgan fingerprint density at radius 3 is 2.70 bits per heavy atom. The van der Waals surface area contributed by atoms with Crippen molar-refractivity contribution < 1.29 is 14.2 Å². The molecule has 0 spiro atoms. The lowest BCUT2D eigenvalue weighted by atomic mass is 10.1. The van der Waals surface area contributed by atoms with Gasteiger partial charge >= 0.3 is 11.8 Å². The molecule has 0 aliphatic rings. The van der Waals surface area contributed by atoms with Crippen LogP contribution < -0.4 is 0 Å². The molecule has 3 aromatic rings. The van der Waals surface area contributed by atoms with Crippen LogP contribution in [-0.2, 0) is 11.4 Å². The zero-order chi connectivity index (χ0) is 16.2. The van der Waals surface area contributed by atoms with Gasteiger partial charge in [-0.25, -0.2) is 4.98 Å². The average Bonchev–Trinajstić information content (AvgIpc) is 2.59. The van der Waals surface area contributed by atoms with Gasteiger partial charge in [0.25, 0.3) is 5.71 Å². The van der Waals surface area contributed by atoms with E-state index in [4.69, 9.17) is 16.6 Å². The van der Waals surface area contributed by atoms with Crippen LogP contribution in [0.5, 0.6) is 5.75 Å². The highest BCUT2D eigenvalue weighted by molar-refractivity contribution is 6.10. The molecule has 0 unspecified atom stereocenters. The fraction of sp³-hybridized carbons (Fsp3) is 0.111. The number of halogens is 1. The van der Waals surface area contributed by atoms with Crippen molar-refractivity contribution in [2.45, 2.75) is 13.5 Å². The minimum absolute atomic E-state index is 0.111. The zero-order valence-corrected chi connectivity index (χ0v) is 13.4. The molecule has 0 saturated carbocycles. The molecule has 3 rings (SSSR count). The maximum Gasteiger partial charge on any atom is 0.319 e. The molecule has 0 aliphatic heterocycles. The molecule has 0 fully saturated rings. The summed E-state index contributed by atoms with van der Waals surface area (Å²) >= 11 is 6.18. The molecule has 5 heteroatoms. The molecule has 0 radical (unpaired) electrons. The van der Waals surface area contributed by atoms with Gasteiger partial charge in [0, 0.05) is 12.5 Å². The van der Waals surface area contributed by atoms with Gasteiger partial charge in [-0.1, -0.05) is 42.5 Å². The molecule has 23 heavy (non-hydrogen) atoms. The third-order valence-corrected chi connectivity index (χ3v) is 3.95. The van der Waals surface area contributed by atoms with Gasteiger partial charge in [-0.3, -0.25) is 4.84 Å². The second-order valence-corrected chi connectivity index (χ2v) is 5.45. The summed E-state index contributed by atoms with van der Waals surface area (Å²) < 4.78 is 1.18. The Morgan fingerprint density at radius 1 is 1.13 bits per heavy atom. The Hall–Kier alpha value is -2.59. The maximum absolute atomic E-state index is 9.28. The molecule has 0 amide bonds. The van der Waals surface area contributed by atoms with E-state index in [2.05, 4.69) is 23.2 Å². The smallest absolute Gasteiger partial charge is 0.319 e. The van der Waals surface area contributed by atoms with Crippen LogP contribution in [0.15, 0.2) is 60.8 Å². The van der Waals surface area contributed by atoms with Crippen molar-refractivity contribution in [1.82, 2.24) is 4.98 Å². The third-order valence-electron chi connectivity index (χ3n) is 3.60. The molecule has 0 atom stereocenters. The molecule has 0 bridgehead atoms. The first kappa shape index (κ1) is 15.3. The first-order chi connectivity index (χ1) is 11.1. The van der Waals surface area contributed by atoms with Crippen molar-refractivity contribution in [2.24, 2.45) is 0 Å². The Morgan fingerprint density at radius 2 is 1.91 bits per heavy atom. The van der Waals surface area contributed by atoms with E-state index in [0.717, 1.165) is 16.3 Å².